The van der Waals surface area contributed by atoms with E-state index in [0.29, 0.717) is 57.1 Å². The molecule has 310 valence electrons. The van der Waals surface area contributed by atoms with Gasteiger partial charge in [-0.25, -0.2) is 0 Å². The van der Waals surface area contributed by atoms with E-state index in [1.165, 1.54) is 25.0 Å². The molecule has 0 spiro atoms. The minimum absolute atomic E-state index is 0.0515. The molecular weight excluding hydrogens is 712 g/mol. The fourth-order valence-corrected chi connectivity index (χ4v) is 8.07. The number of nitrogens with two attached hydrogens (primary N) is 2. The van der Waals surface area contributed by atoms with Gasteiger partial charge in [0, 0.05) is 25.4 Å². The number of carbonyl (C=O) groups is 3. The van der Waals surface area contributed by atoms with Gasteiger partial charge in [-0.05, 0) is 68.6 Å². The number of likely N-dealkylation sites (tertiary alicyclic amines) is 1. The van der Waals surface area contributed by atoms with E-state index in [9.17, 15) is 39.9 Å². The molecule has 1 aromatic rings. The predicted octanol–water partition coefficient (Wildman–Crippen LogP) is 0.685. The van der Waals surface area contributed by atoms with Crippen LogP contribution in [0, 0.1) is 5.92 Å². The zero-order chi connectivity index (χ0) is 39.9. The summed E-state index contributed by atoms with van der Waals surface area (Å²) in [4.78, 5) is 47.9. The fourth-order valence-electron chi connectivity index (χ4n) is 8.07. The van der Waals surface area contributed by atoms with Crippen LogP contribution in [0.3, 0.4) is 0 Å². The van der Waals surface area contributed by atoms with Crippen LogP contribution in [0.25, 0.3) is 0 Å². The number of aliphatic hydroxyl groups excluding tert-OH is 4. The van der Waals surface area contributed by atoms with Gasteiger partial charge in [0.25, 0.3) is 0 Å². The van der Waals surface area contributed by atoms with Crippen molar-refractivity contribution in [3.05, 3.63) is 29.8 Å². The number of unbranched alkanes of at least 4 members (excludes halogenated alkanes) is 6. The zero-order valence-electron chi connectivity index (χ0n) is 32.1. The van der Waals surface area contributed by atoms with Crippen molar-refractivity contribution in [1.82, 2.24) is 15.5 Å². The molecule has 16 nitrogen and oxygen atoms in total. The van der Waals surface area contributed by atoms with E-state index < -0.39 is 73.3 Å². The molecule has 0 aromatic heterocycles. The van der Waals surface area contributed by atoms with E-state index in [1.54, 1.807) is 17.0 Å². The van der Waals surface area contributed by atoms with Crippen LogP contribution in [0.5, 0.6) is 5.75 Å². The van der Waals surface area contributed by atoms with Gasteiger partial charge in [0.15, 0.2) is 12.2 Å². The number of ether oxygens (including phenoxy) is 2. The first-order valence-corrected chi connectivity index (χ1v) is 20.1. The molecule has 55 heavy (non-hydrogen) atoms. The molecule has 1 saturated carbocycles. The number of hydrogen-bond acceptors (Lipinski definition) is 11. The van der Waals surface area contributed by atoms with Crippen molar-refractivity contribution in [1.29, 1.82) is 0 Å². The van der Waals surface area contributed by atoms with E-state index in [0.717, 1.165) is 25.7 Å². The van der Waals surface area contributed by atoms with Gasteiger partial charge in [0.1, 0.15) is 36.1 Å². The lowest BCUT2D eigenvalue weighted by atomic mass is 9.83. The largest absolute Gasteiger partial charge is 0.508 e. The Balaban J connectivity index is 1.55. The monoisotopic (exact) mass is 776 g/mol. The molecule has 0 unspecified atom stereocenters. The van der Waals surface area contributed by atoms with Crippen LogP contribution in [0.15, 0.2) is 29.3 Å². The summed E-state index contributed by atoms with van der Waals surface area (Å²) in [6, 6.07) is 3.39. The Kier molecular flexibility index (Phi) is 17.9. The molecule has 1 aliphatic carbocycles. The number of guanidine groups is 1. The number of aliphatic hydroxyl groups is 4. The Hall–Kier alpha value is -3.54. The molecule has 16 heteroatoms. The number of nitrogens with one attached hydrogen (secondary N) is 2. The van der Waals surface area contributed by atoms with Crippen LogP contribution in [-0.4, -0.2) is 129 Å². The maximum atomic E-state index is 14.9. The van der Waals surface area contributed by atoms with Gasteiger partial charge in [0.2, 0.25) is 17.7 Å². The number of aromatic hydroxyl groups is 1. The molecule has 2 saturated heterocycles. The fraction of sp³-hybridized carbons (Fsp3) is 0.744. The van der Waals surface area contributed by atoms with Crippen LogP contribution in [0.1, 0.15) is 102 Å². The summed E-state index contributed by atoms with van der Waals surface area (Å²) in [6.45, 7) is 1.66. The van der Waals surface area contributed by atoms with E-state index in [2.05, 4.69) is 22.5 Å². The number of carbonyl (C=O) groups excluding carboxylic acids is 3. The maximum absolute atomic E-state index is 14.9. The Morgan fingerprint density at radius 2 is 1.67 bits per heavy atom. The van der Waals surface area contributed by atoms with Gasteiger partial charge in [-0.3, -0.25) is 19.4 Å². The van der Waals surface area contributed by atoms with Crippen molar-refractivity contribution in [2.75, 3.05) is 19.8 Å². The molecule has 3 fully saturated rings. The van der Waals surface area contributed by atoms with Crippen LogP contribution in [0.2, 0.25) is 0 Å². The smallest absolute Gasteiger partial charge is 0.246 e. The quantitative estimate of drug-likeness (QED) is 0.0448. The highest BCUT2D eigenvalue weighted by Gasteiger charge is 2.52. The summed E-state index contributed by atoms with van der Waals surface area (Å²) in [5.74, 6) is -1.20. The minimum Gasteiger partial charge on any atom is -0.508 e. The number of rotatable bonds is 22. The van der Waals surface area contributed by atoms with Crippen molar-refractivity contribution >= 4 is 23.7 Å². The number of phenolic OH excluding ortho intramolecular Hbond substituents is 1. The summed E-state index contributed by atoms with van der Waals surface area (Å²) < 4.78 is 11.7. The minimum atomic E-state index is -1.38. The summed E-state index contributed by atoms with van der Waals surface area (Å²) in [5.41, 5.74) is 11.6. The average Bonchev–Trinajstić information content (AvgIpc) is 3.68. The van der Waals surface area contributed by atoms with Crippen molar-refractivity contribution in [3.63, 3.8) is 0 Å². The van der Waals surface area contributed by atoms with Crippen molar-refractivity contribution in [2.24, 2.45) is 22.4 Å². The van der Waals surface area contributed by atoms with Gasteiger partial charge < -0.3 is 62.0 Å². The van der Waals surface area contributed by atoms with Gasteiger partial charge in [0.05, 0.1) is 25.4 Å². The highest BCUT2D eigenvalue weighted by atomic mass is 16.7. The normalized spacial score (nSPS) is 27.3. The average molecular weight is 777 g/mol. The first kappa shape index (κ1) is 44.2. The number of aliphatic imine (C=N–C) groups is 1. The summed E-state index contributed by atoms with van der Waals surface area (Å²) in [7, 11) is 0. The number of phenols is 1. The van der Waals surface area contributed by atoms with E-state index >= 15 is 0 Å². The van der Waals surface area contributed by atoms with Crippen molar-refractivity contribution in [2.45, 2.75) is 158 Å². The molecule has 4 rings (SSSR count). The second kappa shape index (κ2) is 22.3. The van der Waals surface area contributed by atoms with E-state index in [4.69, 9.17) is 20.9 Å². The Bertz CT molecular complexity index is 1380. The molecule has 0 radical (unpaired) electrons. The predicted molar refractivity (Wildman–Crippen MR) is 204 cm³/mol. The number of fused-ring (bicyclic) bond motifs is 1. The number of nitrogens with zero attached hydrogens (tertiary/aromatic N) is 2. The lowest BCUT2D eigenvalue weighted by Crippen LogP contribution is -2.58. The van der Waals surface area contributed by atoms with Crippen LogP contribution < -0.4 is 22.1 Å². The van der Waals surface area contributed by atoms with Crippen LogP contribution in [0.4, 0.5) is 0 Å². The lowest BCUT2D eigenvalue weighted by Gasteiger charge is -2.39. The third-order valence-electron chi connectivity index (χ3n) is 11.1. The molecule has 3 aliphatic rings. The first-order valence-electron chi connectivity index (χ1n) is 20.1. The molecular formula is C39H64N6O10. The Labute approximate surface area is 324 Å². The molecule has 10 atom stereocenters. The lowest BCUT2D eigenvalue weighted by molar-refractivity contribution is -0.202. The Morgan fingerprint density at radius 1 is 0.964 bits per heavy atom. The summed E-state index contributed by atoms with van der Waals surface area (Å²) in [6.07, 6.45) is 4.91. The number of benzene rings is 1. The second-order valence-corrected chi connectivity index (χ2v) is 15.3. The maximum Gasteiger partial charge on any atom is 0.246 e. The van der Waals surface area contributed by atoms with E-state index in [-0.39, 0.29) is 43.0 Å². The molecule has 3 amide bonds. The molecule has 2 aliphatic heterocycles. The second-order valence-electron chi connectivity index (χ2n) is 15.3. The highest BCUT2D eigenvalue weighted by molar-refractivity contribution is 5.93. The topological polar surface area (TPSA) is 263 Å². The van der Waals surface area contributed by atoms with E-state index in [1.807, 2.05) is 0 Å². The number of hydrogen-bond donors (Lipinski definition) is 9. The third kappa shape index (κ3) is 13.0. The summed E-state index contributed by atoms with van der Waals surface area (Å²) >= 11 is 0. The summed E-state index contributed by atoms with van der Waals surface area (Å²) in [5, 5.41) is 56.4. The van der Waals surface area contributed by atoms with Crippen molar-refractivity contribution < 1.29 is 49.4 Å². The molecule has 11 N–H and O–H groups in total. The van der Waals surface area contributed by atoms with Crippen LogP contribution in [-0.2, 0) is 30.3 Å². The van der Waals surface area contributed by atoms with Gasteiger partial charge >= 0.3 is 0 Å². The van der Waals surface area contributed by atoms with Gasteiger partial charge in [-0.1, -0.05) is 57.6 Å². The zero-order valence-corrected chi connectivity index (χ0v) is 32.1. The first-order chi connectivity index (χ1) is 26.4. The molecule has 1 aromatic carbocycles. The van der Waals surface area contributed by atoms with Crippen molar-refractivity contribution in [3.8, 4) is 5.75 Å². The van der Waals surface area contributed by atoms with Gasteiger partial charge in [-0.2, -0.15) is 0 Å². The number of amides is 3. The molecule has 2 heterocycles. The van der Waals surface area contributed by atoms with Gasteiger partial charge in [-0.15, -0.1) is 0 Å². The SMILES string of the molecule is CCCCCCCCCC(=O)N[C@@H](Cc1ccc(O)cc1)C(=O)N1[C@H](C(=O)N[C@@H](CO)CCCN=C(N)N)C[C@@H]2CC[C@H](O[C@H]3O[C@H](CO)[C@@H](O)[C@@H]3O)C[C@@H]21. The molecule has 0 bridgehead atoms. The third-order valence-corrected chi connectivity index (χ3v) is 11.1. The highest BCUT2D eigenvalue weighted by Crippen LogP contribution is 2.42. The van der Waals surface area contributed by atoms with Crippen LogP contribution >= 0.6 is 0 Å². The Morgan fingerprint density at radius 3 is 2.33 bits per heavy atom. The standard InChI is InChI=1S/C39H64N6O10/c1-2-3-4-5-6-7-8-11-33(49)44-29(19-24-12-15-27(48)16-13-24)37(53)45-30-21-28(54-38-35(51)34(50)32(23-47)55-38)17-14-25(30)20-31(45)36(52)43-26(22-46)10-9-18-42-39(40)41/h12-13,15-16,25-26,28-32,34-35,38,46-48,50-51H,2-11,14,17-23H2,1H3,(H,43,52)(H,44,49)(H4,40,41,42)/t25-,26+,28-,29-,30-,31-,32+,34+,35-,38-/m0/s1.